The number of aromatic nitrogens is 2. The van der Waals surface area contributed by atoms with E-state index in [4.69, 9.17) is 9.15 Å². The molecule has 1 aromatic carbocycles. The second-order valence-electron chi connectivity index (χ2n) is 6.21. The van der Waals surface area contributed by atoms with E-state index >= 15 is 0 Å². The lowest BCUT2D eigenvalue weighted by molar-refractivity contribution is 0.122. The lowest BCUT2D eigenvalue weighted by Gasteiger charge is -2.25. The Morgan fingerprint density at radius 2 is 2.04 bits per heavy atom. The maximum Gasteiger partial charge on any atom is 0.336 e. The third kappa shape index (κ3) is 3.49. The van der Waals surface area contributed by atoms with Crippen molar-refractivity contribution >= 4 is 39.2 Å². The van der Waals surface area contributed by atoms with E-state index < -0.39 is 0 Å². The summed E-state index contributed by atoms with van der Waals surface area (Å²) in [6.07, 6.45) is 0. The summed E-state index contributed by atoms with van der Waals surface area (Å²) in [5.41, 5.74) is 3.46. The van der Waals surface area contributed by atoms with Crippen LogP contribution in [0.1, 0.15) is 16.7 Å². The van der Waals surface area contributed by atoms with Gasteiger partial charge < -0.3 is 14.1 Å². The van der Waals surface area contributed by atoms with Crippen LogP contribution in [-0.2, 0) is 10.5 Å². The molecule has 0 N–H and O–H groups in total. The highest BCUT2D eigenvalue weighted by Crippen LogP contribution is 2.32. The van der Waals surface area contributed by atoms with Crippen molar-refractivity contribution in [3.05, 3.63) is 45.3 Å². The van der Waals surface area contributed by atoms with Gasteiger partial charge >= 0.3 is 5.63 Å². The summed E-state index contributed by atoms with van der Waals surface area (Å²) >= 11 is 3.18. The van der Waals surface area contributed by atoms with Crippen molar-refractivity contribution < 1.29 is 9.15 Å². The number of benzene rings is 1. The van der Waals surface area contributed by atoms with E-state index in [9.17, 15) is 4.79 Å². The summed E-state index contributed by atoms with van der Waals surface area (Å²) in [5.74, 6) is 0.655. The van der Waals surface area contributed by atoms with Crippen LogP contribution in [0, 0.1) is 13.8 Å². The summed E-state index contributed by atoms with van der Waals surface area (Å²) in [5, 5.41) is 10.5. The number of thioether (sulfide) groups is 1. The number of ether oxygens (including phenoxy) is 1. The van der Waals surface area contributed by atoms with Gasteiger partial charge in [-0.15, -0.1) is 10.2 Å². The van der Waals surface area contributed by atoms with Crippen LogP contribution in [0.5, 0.6) is 0 Å². The van der Waals surface area contributed by atoms with Gasteiger partial charge in [0.05, 0.1) is 13.2 Å². The molecule has 1 aliphatic rings. The molecule has 0 aliphatic carbocycles. The van der Waals surface area contributed by atoms with Gasteiger partial charge in [0, 0.05) is 30.3 Å². The molecule has 0 amide bonds. The summed E-state index contributed by atoms with van der Waals surface area (Å²) in [6.45, 7) is 7.16. The SMILES string of the molecule is Cc1ccc2c(CSc3nnc(N4CCOCC4)s3)cc(=O)oc2c1C. The first-order valence-electron chi connectivity index (χ1n) is 8.44. The topological polar surface area (TPSA) is 68.5 Å². The molecular formula is C18H19N3O3S2. The van der Waals surface area contributed by atoms with E-state index in [1.54, 1.807) is 29.2 Å². The van der Waals surface area contributed by atoms with Gasteiger partial charge in [-0.1, -0.05) is 35.2 Å². The first-order valence-corrected chi connectivity index (χ1v) is 10.2. The minimum Gasteiger partial charge on any atom is -0.422 e. The molecule has 4 rings (SSSR count). The van der Waals surface area contributed by atoms with Gasteiger partial charge in [-0.2, -0.15) is 0 Å². The van der Waals surface area contributed by atoms with Crippen molar-refractivity contribution in [3.63, 3.8) is 0 Å². The number of hydrogen-bond acceptors (Lipinski definition) is 8. The van der Waals surface area contributed by atoms with Crippen molar-refractivity contribution in [1.29, 1.82) is 0 Å². The van der Waals surface area contributed by atoms with Crippen LogP contribution in [0.3, 0.4) is 0 Å². The van der Waals surface area contributed by atoms with Gasteiger partial charge in [0.2, 0.25) is 5.13 Å². The fraction of sp³-hybridized carbons (Fsp3) is 0.389. The first kappa shape index (κ1) is 17.5. The lowest BCUT2D eigenvalue weighted by Crippen LogP contribution is -2.36. The largest absolute Gasteiger partial charge is 0.422 e. The molecule has 1 fully saturated rings. The number of anilines is 1. The van der Waals surface area contributed by atoms with Gasteiger partial charge in [0.1, 0.15) is 5.58 Å². The van der Waals surface area contributed by atoms with Gasteiger partial charge in [0.25, 0.3) is 0 Å². The molecule has 1 saturated heterocycles. The first-order chi connectivity index (χ1) is 12.6. The Balaban J connectivity index is 1.56. The Bertz CT molecular complexity index is 993. The minimum absolute atomic E-state index is 0.312. The second-order valence-corrected chi connectivity index (χ2v) is 8.39. The van der Waals surface area contributed by atoms with Crippen molar-refractivity contribution in [1.82, 2.24) is 10.2 Å². The highest BCUT2D eigenvalue weighted by molar-refractivity contribution is 8.00. The van der Waals surface area contributed by atoms with Gasteiger partial charge in [-0.25, -0.2) is 4.79 Å². The highest BCUT2D eigenvalue weighted by atomic mass is 32.2. The zero-order valence-corrected chi connectivity index (χ0v) is 16.3. The number of morpholine rings is 1. The second kappa shape index (κ2) is 7.38. The predicted octanol–water partition coefficient (Wildman–Crippen LogP) is 3.39. The molecule has 3 aromatic rings. The van der Waals surface area contributed by atoms with Crippen LogP contribution < -0.4 is 10.5 Å². The number of rotatable bonds is 4. The number of fused-ring (bicyclic) bond motifs is 1. The zero-order valence-electron chi connectivity index (χ0n) is 14.7. The monoisotopic (exact) mass is 389 g/mol. The molecule has 0 atom stereocenters. The Kier molecular flexibility index (Phi) is 4.97. The molecule has 0 radical (unpaired) electrons. The van der Waals surface area contributed by atoms with Crippen LogP contribution in [-0.4, -0.2) is 36.5 Å². The van der Waals surface area contributed by atoms with Gasteiger partial charge in [0.15, 0.2) is 4.34 Å². The van der Waals surface area contributed by atoms with Crippen LogP contribution in [0.25, 0.3) is 11.0 Å². The maximum atomic E-state index is 12.0. The molecule has 26 heavy (non-hydrogen) atoms. The van der Waals surface area contributed by atoms with E-state index in [0.717, 1.165) is 57.9 Å². The minimum atomic E-state index is -0.312. The third-order valence-electron chi connectivity index (χ3n) is 4.55. The summed E-state index contributed by atoms with van der Waals surface area (Å²) in [4.78, 5) is 14.2. The summed E-state index contributed by atoms with van der Waals surface area (Å²) in [7, 11) is 0. The van der Waals surface area contributed by atoms with E-state index in [1.807, 2.05) is 19.9 Å². The van der Waals surface area contributed by atoms with E-state index in [1.165, 1.54) is 0 Å². The Morgan fingerprint density at radius 3 is 2.85 bits per heavy atom. The molecule has 1 aliphatic heterocycles. The van der Waals surface area contributed by atoms with Crippen molar-refractivity contribution in [2.75, 3.05) is 31.2 Å². The van der Waals surface area contributed by atoms with E-state index in [0.29, 0.717) is 11.3 Å². The standard InChI is InChI=1S/C18H19N3O3S2/c1-11-3-4-14-13(9-15(22)24-16(14)12(11)2)10-25-18-20-19-17(26-18)21-5-7-23-8-6-21/h3-4,9H,5-8,10H2,1-2H3. The molecule has 0 bridgehead atoms. The molecular weight excluding hydrogens is 370 g/mol. The number of nitrogens with zero attached hydrogens (tertiary/aromatic N) is 3. The third-order valence-corrected chi connectivity index (χ3v) is 6.71. The molecule has 0 spiro atoms. The summed E-state index contributed by atoms with van der Waals surface area (Å²) < 4.78 is 11.7. The Hall–Kier alpha value is -1.90. The number of aryl methyl sites for hydroxylation is 2. The van der Waals surface area contributed by atoms with Crippen LogP contribution in [0.15, 0.2) is 31.8 Å². The Morgan fingerprint density at radius 1 is 1.23 bits per heavy atom. The van der Waals surface area contributed by atoms with Gasteiger partial charge in [-0.3, -0.25) is 0 Å². The molecule has 8 heteroatoms. The van der Waals surface area contributed by atoms with Crippen molar-refractivity contribution in [2.24, 2.45) is 0 Å². The number of hydrogen-bond donors (Lipinski definition) is 0. The van der Waals surface area contributed by atoms with E-state index in [2.05, 4.69) is 21.2 Å². The summed E-state index contributed by atoms with van der Waals surface area (Å²) in [6, 6.07) is 5.66. The highest BCUT2D eigenvalue weighted by Gasteiger charge is 2.16. The molecule has 0 saturated carbocycles. The fourth-order valence-corrected chi connectivity index (χ4v) is 4.81. The molecule has 3 heterocycles. The van der Waals surface area contributed by atoms with Crippen molar-refractivity contribution in [2.45, 2.75) is 23.9 Å². The predicted molar refractivity (Wildman–Crippen MR) is 104 cm³/mol. The smallest absolute Gasteiger partial charge is 0.336 e. The molecule has 136 valence electrons. The van der Waals surface area contributed by atoms with Crippen molar-refractivity contribution in [3.8, 4) is 0 Å². The zero-order chi connectivity index (χ0) is 18.1. The van der Waals surface area contributed by atoms with E-state index in [-0.39, 0.29) is 5.63 Å². The molecule has 6 nitrogen and oxygen atoms in total. The average Bonchev–Trinajstić information content (AvgIpc) is 3.13. The molecule has 0 unspecified atom stereocenters. The van der Waals surface area contributed by atoms with Crippen LogP contribution in [0.2, 0.25) is 0 Å². The van der Waals surface area contributed by atoms with Crippen LogP contribution in [0.4, 0.5) is 5.13 Å². The molecule has 2 aromatic heterocycles. The maximum absolute atomic E-state index is 12.0. The van der Waals surface area contributed by atoms with Crippen LogP contribution >= 0.6 is 23.1 Å². The lowest BCUT2D eigenvalue weighted by atomic mass is 10.0. The average molecular weight is 390 g/mol. The normalized spacial score (nSPS) is 14.9. The van der Waals surface area contributed by atoms with Gasteiger partial charge in [-0.05, 0) is 30.5 Å². The quantitative estimate of drug-likeness (QED) is 0.500. The Labute approximate surface area is 159 Å². The fourth-order valence-electron chi connectivity index (χ4n) is 2.93.